The Morgan fingerprint density at radius 1 is 0.875 bits per heavy atom. The van der Waals surface area contributed by atoms with Gasteiger partial charge in [-0.25, -0.2) is 0 Å². The molecule has 0 spiro atoms. The van der Waals surface area contributed by atoms with Crippen LogP contribution in [0.5, 0.6) is 0 Å². The highest BCUT2D eigenvalue weighted by Crippen LogP contribution is 2.37. The Hall–Kier alpha value is -0.820. The van der Waals surface area contributed by atoms with Crippen LogP contribution in [0.2, 0.25) is 0 Å². The summed E-state index contributed by atoms with van der Waals surface area (Å²) in [4.78, 5) is 0. The van der Waals surface area contributed by atoms with Gasteiger partial charge in [-0.05, 0) is 31.2 Å². The first-order valence-corrected chi connectivity index (χ1v) is 6.09. The first-order chi connectivity index (χ1) is 7.28. The number of aliphatic hydroxyl groups is 1. The molecule has 0 aliphatic heterocycles. The summed E-state index contributed by atoms with van der Waals surface area (Å²) in [6.07, 6.45) is 0. The normalized spacial score (nSPS) is 12.6. The summed E-state index contributed by atoms with van der Waals surface area (Å²) in [5.74, 6) is 0.433. The third-order valence-corrected chi connectivity index (χ3v) is 3.44. The zero-order valence-corrected chi connectivity index (χ0v) is 11.3. The highest BCUT2D eigenvalue weighted by atomic mass is 16.3. The fourth-order valence-electron chi connectivity index (χ4n) is 2.54. The second kappa shape index (κ2) is 4.58. The topological polar surface area (TPSA) is 20.2 Å². The van der Waals surface area contributed by atoms with Crippen molar-refractivity contribution in [3.63, 3.8) is 0 Å². The summed E-state index contributed by atoms with van der Waals surface area (Å²) < 4.78 is 0. The van der Waals surface area contributed by atoms with E-state index in [1.165, 1.54) is 11.1 Å². The lowest BCUT2D eigenvalue weighted by Crippen LogP contribution is -2.37. The van der Waals surface area contributed by atoms with Gasteiger partial charge in [0.1, 0.15) is 0 Å². The van der Waals surface area contributed by atoms with Crippen LogP contribution in [0.25, 0.3) is 0 Å². The smallest absolute Gasteiger partial charge is 0.0942 e. The molecule has 0 saturated heterocycles. The zero-order valence-electron chi connectivity index (χ0n) is 11.3. The Labute approximate surface area is 99.5 Å². The van der Waals surface area contributed by atoms with E-state index in [0.29, 0.717) is 0 Å². The molecule has 1 aromatic rings. The van der Waals surface area contributed by atoms with Crippen LogP contribution in [0.15, 0.2) is 18.2 Å². The molecule has 0 atom stereocenters. The van der Waals surface area contributed by atoms with Crippen LogP contribution in [0.3, 0.4) is 0 Å². The number of aryl methyl sites for hydroxylation is 2. The van der Waals surface area contributed by atoms with Crippen LogP contribution in [-0.4, -0.2) is 5.11 Å². The maximum Gasteiger partial charge on any atom is 0.0942 e. The quantitative estimate of drug-likeness (QED) is 0.821. The van der Waals surface area contributed by atoms with E-state index < -0.39 is 5.60 Å². The Balaban J connectivity index is 3.32. The van der Waals surface area contributed by atoms with Crippen LogP contribution in [-0.2, 0) is 5.60 Å². The average molecular weight is 220 g/mol. The number of rotatable bonds is 3. The van der Waals surface area contributed by atoms with Gasteiger partial charge in [-0.2, -0.15) is 0 Å². The summed E-state index contributed by atoms with van der Waals surface area (Å²) in [5, 5.41) is 10.9. The van der Waals surface area contributed by atoms with Gasteiger partial charge in [-0.3, -0.25) is 0 Å². The molecule has 90 valence electrons. The van der Waals surface area contributed by atoms with E-state index in [4.69, 9.17) is 0 Å². The predicted octanol–water partition coefficient (Wildman–Crippen LogP) is 3.80. The van der Waals surface area contributed by atoms with Crippen LogP contribution < -0.4 is 0 Å². The Morgan fingerprint density at radius 2 is 1.25 bits per heavy atom. The summed E-state index contributed by atoms with van der Waals surface area (Å²) in [6, 6.07) is 6.35. The van der Waals surface area contributed by atoms with Gasteiger partial charge in [-0.1, -0.05) is 57.0 Å². The van der Waals surface area contributed by atoms with Crippen molar-refractivity contribution in [2.75, 3.05) is 0 Å². The second-order valence-electron chi connectivity index (χ2n) is 5.51. The largest absolute Gasteiger partial charge is 0.385 e. The summed E-state index contributed by atoms with van der Waals surface area (Å²) in [6.45, 7) is 12.5. The number of hydrogen-bond acceptors (Lipinski definition) is 1. The van der Waals surface area contributed by atoms with Crippen LogP contribution in [0, 0.1) is 25.7 Å². The van der Waals surface area contributed by atoms with Crippen molar-refractivity contribution in [3.05, 3.63) is 34.9 Å². The monoisotopic (exact) mass is 220 g/mol. The molecule has 1 rings (SSSR count). The van der Waals surface area contributed by atoms with E-state index in [9.17, 15) is 5.11 Å². The van der Waals surface area contributed by atoms with Gasteiger partial charge < -0.3 is 5.11 Å². The minimum Gasteiger partial charge on any atom is -0.385 e. The first-order valence-electron chi connectivity index (χ1n) is 6.09. The van der Waals surface area contributed by atoms with E-state index in [2.05, 4.69) is 59.7 Å². The molecule has 16 heavy (non-hydrogen) atoms. The van der Waals surface area contributed by atoms with E-state index in [0.717, 1.165) is 5.56 Å². The van der Waals surface area contributed by atoms with Crippen LogP contribution in [0.4, 0.5) is 0 Å². The average Bonchev–Trinajstić information content (AvgIpc) is 2.14. The van der Waals surface area contributed by atoms with Gasteiger partial charge in [0.25, 0.3) is 0 Å². The Kier molecular flexibility index (Phi) is 3.80. The lowest BCUT2D eigenvalue weighted by molar-refractivity contribution is -0.0532. The lowest BCUT2D eigenvalue weighted by Gasteiger charge is -2.37. The molecule has 0 aromatic heterocycles. The van der Waals surface area contributed by atoms with Crippen molar-refractivity contribution in [2.24, 2.45) is 11.8 Å². The van der Waals surface area contributed by atoms with Crippen molar-refractivity contribution >= 4 is 0 Å². The minimum absolute atomic E-state index is 0.216. The summed E-state index contributed by atoms with van der Waals surface area (Å²) >= 11 is 0. The molecule has 0 aliphatic rings. The maximum absolute atomic E-state index is 10.9. The minimum atomic E-state index is -0.725. The zero-order chi connectivity index (χ0) is 12.5. The van der Waals surface area contributed by atoms with Gasteiger partial charge in [0.05, 0.1) is 5.60 Å². The SMILES string of the molecule is Cc1cc(C)cc(C(O)(C(C)C)C(C)C)c1. The Bertz CT molecular complexity index is 335. The maximum atomic E-state index is 10.9. The molecule has 0 heterocycles. The van der Waals surface area contributed by atoms with Crippen molar-refractivity contribution in [3.8, 4) is 0 Å². The fraction of sp³-hybridized carbons (Fsp3) is 0.600. The van der Waals surface area contributed by atoms with Crippen LogP contribution in [0.1, 0.15) is 44.4 Å². The molecular formula is C15H24O. The molecule has 0 bridgehead atoms. The fourth-order valence-corrected chi connectivity index (χ4v) is 2.54. The molecule has 1 N–H and O–H groups in total. The lowest BCUT2D eigenvalue weighted by atomic mass is 9.74. The number of hydrogen-bond donors (Lipinski definition) is 1. The molecule has 1 nitrogen and oxygen atoms in total. The standard InChI is InChI=1S/C15H24O/c1-10(2)15(16,11(3)4)14-8-12(5)7-13(6)9-14/h7-11,16H,1-6H3. The molecular weight excluding hydrogens is 196 g/mol. The van der Waals surface area contributed by atoms with Crippen molar-refractivity contribution < 1.29 is 5.11 Å². The molecule has 1 heteroatoms. The van der Waals surface area contributed by atoms with E-state index in [1.807, 2.05) is 0 Å². The summed E-state index contributed by atoms with van der Waals surface area (Å²) in [7, 11) is 0. The van der Waals surface area contributed by atoms with Gasteiger partial charge in [0.2, 0.25) is 0 Å². The first kappa shape index (κ1) is 13.2. The molecule has 0 aliphatic carbocycles. The third kappa shape index (κ3) is 2.30. The molecule has 0 saturated carbocycles. The third-order valence-electron chi connectivity index (χ3n) is 3.44. The summed E-state index contributed by atoms with van der Waals surface area (Å²) in [5.41, 5.74) is 2.76. The molecule has 0 radical (unpaired) electrons. The van der Waals surface area contributed by atoms with Gasteiger partial charge >= 0.3 is 0 Å². The van der Waals surface area contributed by atoms with Crippen LogP contribution >= 0.6 is 0 Å². The van der Waals surface area contributed by atoms with Gasteiger partial charge in [-0.15, -0.1) is 0 Å². The highest BCUT2D eigenvalue weighted by Gasteiger charge is 2.36. The van der Waals surface area contributed by atoms with E-state index in [-0.39, 0.29) is 11.8 Å². The molecule has 1 aromatic carbocycles. The van der Waals surface area contributed by atoms with E-state index >= 15 is 0 Å². The molecule has 0 unspecified atom stereocenters. The predicted molar refractivity (Wildman–Crippen MR) is 69.5 cm³/mol. The molecule has 0 amide bonds. The molecule has 0 fully saturated rings. The number of benzene rings is 1. The van der Waals surface area contributed by atoms with Gasteiger partial charge in [0.15, 0.2) is 0 Å². The van der Waals surface area contributed by atoms with E-state index in [1.54, 1.807) is 0 Å². The van der Waals surface area contributed by atoms with Gasteiger partial charge in [0, 0.05) is 0 Å². The van der Waals surface area contributed by atoms with Crippen molar-refractivity contribution in [1.29, 1.82) is 0 Å². The second-order valence-corrected chi connectivity index (χ2v) is 5.51. The highest BCUT2D eigenvalue weighted by molar-refractivity contribution is 5.33. The Morgan fingerprint density at radius 3 is 1.56 bits per heavy atom. The van der Waals surface area contributed by atoms with Crippen molar-refractivity contribution in [1.82, 2.24) is 0 Å². The van der Waals surface area contributed by atoms with Crippen molar-refractivity contribution in [2.45, 2.75) is 47.1 Å².